The van der Waals surface area contributed by atoms with E-state index < -0.39 is 0 Å². The van der Waals surface area contributed by atoms with E-state index in [0.717, 1.165) is 5.56 Å². The van der Waals surface area contributed by atoms with Gasteiger partial charge in [0.25, 0.3) is 0 Å². The van der Waals surface area contributed by atoms with Crippen LogP contribution in [0, 0.1) is 5.82 Å². The van der Waals surface area contributed by atoms with Gasteiger partial charge in [-0.15, -0.1) is 0 Å². The number of hydrogen-bond donors (Lipinski definition) is 1. The van der Waals surface area contributed by atoms with E-state index in [9.17, 15) is 9.18 Å². The van der Waals surface area contributed by atoms with E-state index in [1.54, 1.807) is 36.5 Å². The molecule has 0 saturated heterocycles. The van der Waals surface area contributed by atoms with E-state index in [1.807, 2.05) is 0 Å². The number of carbonyl (C=O) groups excluding carboxylic acids is 1. The molecule has 0 unspecified atom stereocenters. The number of carbonyl (C=O) groups is 1. The number of nitrogen functional groups attached to an aromatic ring is 1. The molecule has 2 heterocycles. The molecule has 1 aliphatic rings. The summed E-state index contributed by atoms with van der Waals surface area (Å²) in [5.41, 5.74) is 7.24. The molecular weight excluding hydrogens is 285 g/mol. The summed E-state index contributed by atoms with van der Waals surface area (Å²) in [6.07, 6.45) is 3.80. The number of anilines is 2. The molecule has 1 aromatic carbocycles. The predicted molar refractivity (Wildman–Crippen MR) is 80.6 cm³/mol. The minimum atomic E-state index is -0.293. The first kappa shape index (κ1) is 14.1. The van der Waals surface area contributed by atoms with E-state index in [2.05, 4.69) is 4.98 Å². The third kappa shape index (κ3) is 2.90. The van der Waals surface area contributed by atoms with E-state index in [0.29, 0.717) is 18.0 Å². The van der Waals surface area contributed by atoms with Crippen molar-refractivity contribution in [1.82, 2.24) is 4.98 Å². The second-order valence-corrected chi connectivity index (χ2v) is 4.82. The van der Waals surface area contributed by atoms with Gasteiger partial charge in [0.2, 0.25) is 11.8 Å². The van der Waals surface area contributed by atoms with Crippen LogP contribution >= 0.6 is 0 Å². The summed E-state index contributed by atoms with van der Waals surface area (Å²) in [6, 6.07) is 9.36. The monoisotopic (exact) mass is 299 g/mol. The van der Waals surface area contributed by atoms with Crippen molar-refractivity contribution < 1.29 is 13.9 Å². The quantitative estimate of drug-likeness (QED) is 0.942. The van der Waals surface area contributed by atoms with Gasteiger partial charge in [0.05, 0.1) is 5.69 Å². The standard InChI is InChI=1S/C16H14FN3O2/c17-12-5-3-11(4-6-12)10-22-14-8-7-13(16(18)19-14)20-9-1-2-15(20)21/h1,3-9H,2,10H2,(H2,18,19). The average Bonchev–Trinajstić information content (AvgIpc) is 2.93. The number of aromatic nitrogens is 1. The van der Waals surface area contributed by atoms with Crippen molar-refractivity contribution in [3.63, 3.8) is 0 Å². The molecule has 6 heteroatoms. The first-order valence-corrected chi connectivity index (χ1v) is 6.76. The van der Waals surface area contributed by atoms with Crippen LogP contribution in [-0.2, 0) is 11.4 Å². The lowest BCUT2D eigenvalue weighted by Gasteiger charge is -2.16. The molecule has 1 amide bonds. The van der Waals surface area contributed by atoms with Crippen molar-refractivity contribution >= 4 is 17.4 Å². The van der Waals surface area contributed by atoms with Gasteiger partial charge in [-0.1, -0.05) is 18.2 Å². The van der Waals surface area contributed by atoms with Crippen LogP contribution in [0.4, 0.5) is 15.9 Å². The number of ether oxygens (including phenoxy) is 1. The van der Waals surface area contributed by atoms with E-state index >= 15 is 0 Å². The van der Waals surface area contributed by atoms with Gasteiger partial charge in [-0.2, -0.15) is 4.98 Å². The fraction of sp³-hybridized carbons (Fsp3) is 0.125. The fourth-order valence-electron chi connectivity index (χ4n) is 2.13. The van der Waals surface area contributed by atoms with Crippen molar-refractivity contribution in [2.45, 2.75) is 13.0 Å². The number of nitrogens with zero attached hydrogens (tertiary/aromatic N) is 2. The van der Waals surface area contributed by atoms with Gasteiger partial charge < -0.3 is 10.5 Å². The number of amides is 1. The van der Waals surface area contributed by atoms with Crippen molar-refractivity contribution in [2.75, 3.05) is 10.6 Å². The molecule has 0 spiro atoms. The topological polar surface area (TPSA) is 68.5 Å². The Balaban J connectivity index is 1.70. The van der Waals surface area contributed by atoms with Gasteiger partial charge in [0.1, 0.15) is 12.4 Å². The van der Waals surface area contributed by atoms with Crippen LogP contribution in [0.3, 0.4) is 0 Å². The SMILES string of the molecule is Nc1nc(OCc2ccc(F)cc2)ccc1N1C=CCC1=O. The maximum absolute atomic E-state index is 12.8. The Labute approximate surface area is 126 Å². The smallest absolute Gasteiger partial charge is 0.235 e. The third-order valence-corrected chi connectivity index (χ3v) is 3.25. The second-order valence-electron chi connectivity index (χ2n) is 4.82. The predicted octanol–water partition coefficient (Wildman–Crippen LogP) is 2.63. The number of halogens is 1. The molecule has 2 aromatic rings. The average molecular weight is 299 g/mol. The zero-order chi connectivity index (χ0) is 15.5. The Morgan fingerprint density at radius 2 is 2.00 bits per heavy atom. The highest BCUT2D eigenvalue weighted by molar-refractivity contribution is 6.00. The molecule has 3 rings (SSSR count). The molecule has 0 atom stereocenters. The Bertz CT molecular complexity index is 729. The summed E-state index contributed by atoms with van der Waals surface area (Å²) in [5.74, 6) is 0.227. The van der Waals surface area contributed by atoms with Crippen molar-refractivity contribution in [3.05, 3.63) is 60.1 Å². The van der Waals surface area contributed by atoms with E-state index in [1.165, 1.54) is 17.0 Å². The summed E-state index contributed by atoms with van der Waals surface area (Å²) in [7, 11) is 0. The zero-order valence-corrected chi connectivity index (χ0v) is 11.7. The van der Waals surface area contributed by atoms with Crippen LogP contribution in [0.15, 0.2) is 48.7 Å². The van der Waals surface area contributed by atoms with E-state index in [-0.39, 0.29) is 24.1 Å². The Kier molecular flexibility index (Phi) is 3.74. The lowest BCUT2D eigenvalue weighted by atomic mass is 10.2. The minimum absolute atomic E-state index is 0.0477. The second kappa shape index (κ2) is 5.85. The lowest BCUT2D eigenvalue weighted by molar-refractivity contribution is -0.116. The van der Waals surface area contributed by atoms with Gasteiger partial charge in [0, 0.05) is 18.7 Å². The van der Waals surface area contributed by atoms with Crippen LogP contribution in [0.5, 0.6) is 5.88 Å². The summed E-state index contributed by atoms with van der Waals surface area (Å²) in [6.45, 7) is 0.259. The van der Waals surface area contributed by atoms with Gasteiger partial charge in [0.15, 0.2) is 5.82 Å². The number of rotatable bonds is 4. The highest BCUT2D eigenvalue weighted by Gasteiger charge is 2.19. The fourth-order valence-corrected chi connectivity index (χ4v) is 2.13. The summed E-state index contributed by atoms with van der Waals surface area (Å²) >= 11 is 0. The van der Waals surface area contributed by atoms with Gasteiger partial charge in [-0.05, 0) is 23.8 Å². The molecule has 1 aromatic heterocycles. The Morgan fingerprint density at radius 3 is 2.64 bits per heavy atom. The number of pyridine rings is 1. The molecule has 0 aliphatic carbocycles. The lowest BCUT2D eigenvalue weighted by Crippen LogP contribution is -2.21. The minimum Gasteiger partial charge on any atom is -0.473 e. The van der Waals surface area contributed by atoms with Crippen LogP contribution in [-0.4, -0.2) is 10.9 Å². The summed E-state index contributed by atoms with van der Waals surface area (Å²) < 4.78 is 18.3. The van der Waals surface area contributed by atoms with E-state index in [4.69, 9.17) is 10.5 Å². The van der Waals surface area contributed by atoms with Crippen LogP contribution in [0.25, 0.3) is 0 Å². The normalized spacial score (nSPS) is 13.7. The highest BCUT2D eigenvalue weighted by Crippen LogP contribution is 2.27. The van der Waals surface area contributed by atoms with Crippen molar-refractivity contribution in [2.24, 2.45) is 0 Å². The molecular formula is C16H14FN3O2. The maximum atomic E-state index is 12.8. The van der Waals surface area contributed by atoms with Crippen LogP contribution in [0.2, 0.25) is 0 Å². The summed E-state index contributed by atoms with van der Waals surface area (Å²) in [5, 5.41) is 0. The zero-order valence-electron chi connectivity index (χ0n) is 11.7. The van der Waals surface area contributed by atoms with Crippen molar-refractivity contribution in [1.29, 1.82) is 0 Å². The molecule has 5 nitrogen and oxygen atoms in total. The Morgan fingerprint density at radius 1 is 1.23 bits per heavy atom. The largest absolute Gasteiger partial charge is 0.473 e. The molecule has 22 heavy (non-hydrogen) atoms. The first-order valence-electron chi connectivity index (χ1n) is 6.76. The number of hydrogen-bond acceptors (Lipinski definition) is 4. The van der Waals surface area contributed by atoms with Gasteiger partial charge in [-0.3, -0.25) is 9.69 Å². The molecule has 1 aliphatic heterocycles. The molecule has 2 N–H and O–H groups in total. The molecule has 0 fully saturated rings. The third-order valence-electron chi connectivity index (χ3n) is 3.25. The molecule has 0 saturated carbocycles. The van der Waals surface area contributed by atoms with Crippen molar-refractivity contribution in [3.8, 4) is 5.88 Å². The van der Waals surface area contributed by atoms with Gasteiger partial charge >= 0.3 is 0 Å². The number of nitrogens with two attached hydrogens (primary N) is 1. The number of benzene rings is 1. The first-order chi connectivity index (χ1) is 10.6. The highest BCUT2D eigenvalue weighted by atomic mass is 19.1. The molecule has 112 valence electrons. The van der Waals surface area contributed by atoms with Crippen LogP contribution < -0.4 is 15.4 Å². The summed E-state index contributed by atoms with van der Waals surface area (Å²) in [4.78, 5) is 17.3. The Hall–Kier alpha value is -2.89. The molecule has 0 radical (unpaired) electrons. The van der Waals surface area contributed by atoms with Gasteiger partial charge in [-0.25, -0.2) is 4.39 Å². The maximum Gasteiger partial charge on any atom is 0.235 e. The van der Waals surface area contributed by atoms with Crippen LogP contribution in [0.1, 0.15) is 12.0 Å². The molecule has 0 bridgehead atoms.